The lowest BCUT2D eigenvalue weighted by molar-refractivity contribution is -0.401. The van der Waals surface area contributed by atoms with Gasteiger partial charge in [-0.15, -0.1) is 0 Å². The summed E-state index contributed by atoms with van der Waals surface area (Å²) < 4.78 is 101. The van der Waals surface area contributed by atoms with Gasteiger partial charge in [-0.1, -0.05) is 0 Å². The Bertz CT molecular complexity index is 2660. The maximum absolute atomic E-state index is 13.6. The van der Waals surface area contributed by atoms with Crippen molar-refractivity contribution < 1.29 is 213 Å². The molecule has 0 bridgehead atoms. The lowest BCUT2D eigenvalue weighted by Crippen LogP contribution is -2.71. The number of rotatable bonds is 24. The first-order chi connectivity index (χ1) is 48.6. The van der Waals surface area contributed by atoms with E-state index in [1.54, 1.807) is 0 Å². The molecule has 2 amide bonds. The van der Waals surface area contributed by atoms with Gasteiger partial charge in [-0.25, -0.2) is 0 Å². The zero-order valence-corrected chi connectivity index (χ0v) is 55.7. The van der Waals surface area contributed by atoms with Crippen molar-refractivity contribution >= 4 is 11.8 Å². The first kappa shape index (κ1) is 84.3. The van der Waals surface area contributed by atoms with Crippen molar-refractivity contribution in [3.05, 3.63) is 0 Å². The van der Waals surface area contributed by atoms with Gasteiger partial charge in [-0.3, -0.25) is 9.59 Å². The molecule has 0 aromatic rings. The first-order valence-electron chi connectivity index (χ1n) is 33.2. The van der Waals surface area contributed by atoms with Crippen molar-refractivity contribution in [2.45, 2.75) is 311 Å². The molecule has 9 rings (SSSR count). The zero-order chi connectivity index (χ0) is 75.8. The normalized spacial score (nSPS) is 52.3. The lowest BCUT2D eigenvalue weighted by atomic mass is 9.93. The minimum absolute atomic E-state index is 0.906. The summed E-state index contributed by atoms with van der Waals surface area (Å²) in [5, 5.41) is 269. The van der Waals surface area contributed by atoms with Gasteiger partial charge >= 0.3 is 0 Å². The molecule has 0 aromatic heterocycles. The Balaban J connectivity index is 1.04. The summed E-state index contributed by atoms with van der Waals surface area (Å²) in [6, 6.07) is -3.91. The number of aliphatic hydroxyl groups is 24. The van der Waals surface area contributed by atoms with E-state index in [0.717, 1.165) is 13.8 Å². The predicted octanol–water partition coefficient (Wildman–Crippen LogP) is -17.3. The molecule has 103 heavy (non-hydrogen) atoms. The summed E-state index contributed by atoms with van der Waals surface area (Å²) in [5.41, 5.74) is 0. The molecule has 0 radical (unpaired) electrons. The van der Waals surface area contributed by atoms with Gasteiger partial charge in [0.1, 0.15) is 201 Å². The van der Waals surface area contributed by atoms with Crippen LogP contribution in [0.25, 0.3) is 0 Å². The average molecular weight is 1510 g/mol. The SMILES string of the molecule is CC(=O)N[C@H]1[C@H](OC[C@H]2O[C@@H](O[C@H]3[C@H](O)[C@@H](O)C(O)O[C@@H]3CO)[C@@H](O)[C@@H](O[C@@H]3O[C@H](CO)[C@@H](O[C@@H]4O[C@@H](C)[C@@H](O)[C@@H](O)[C@@H]4O)[C@H](O[C@@H]4O[C@H](CO)[C@@H](O)[C@H](O)[C@@H]4O[C@H]4O[C@@H](C)[C@@H](O)[C@@H](O)[C@@H]4O)[C@H]3NC(C)=O)[C@@H]2O)O[C@H](CO)[C@@H](O[C@@H]2O[C@H](CO)[C@H](O)[C@H](O[C@@H]3O[C@@H](C)[C@@H](O)[C@@H](O)[C@@H]3O)[C@H]2O)[C@@H]1O. The van der Waals surface area contributed by atoms with E-state index in [0.29, 0.717) is 0 Å². The van der Waals surface area contributed by atoms with Crippen LogP contribution in [0.4, 0.5) is 0 Å². The third-order valence-corrected chi connectivity index (χ3v) is 19.4. The molecule has 9 aliphatic rings. The number of ether oxygens (including phenoxy) is 17. The second kappa shape index (κ2) is 36.0. The Morgan fingerprint density at radius 2 is 0.602 bits per heavy atom. The minimum atomic E-state index is -2.46. The standard InChI is InChI=1S/C58H98N2O43/c1-12-25(68)32(75)38(81)53(88-12)99-45-21(10-65)95-52(24(60-16(5)67)46(45)100-58-49(35(78)28(71)17(6-61)93-58)103-55-40(83)34(77)27(70)14(3)90-55)101-48-30(73)22(96-57(42(48)85)98-44-19(8-63)91-50(86)37(80)36(44)79)11-87-51-23(59-15(4)66)31(74)43(20(9-64)94-51)97-56-41(84)47(29(72)18(7-62)92-56)102-54-39(82)33(76)26(69)13(2)89-54/h12-14,17-58,61-65,68-86H,6-11H2,1-5H3,(H,59,66)(H,60,67)/t12-,13-,14-,17+,18+,19+,20+,21+,22+,23+,24+,25+,26+,27+,28+,29-,30+,31+,32+,33+,34+,35-,36+,37+,38-,39-,40-,41+,42-,43+,44+,45+,46+,47-,48-,49-,50?,51+,52-,53-,54-,55+,56-,57-,58-/m0/s1. The molecule has 0 spiro atoms. The van der Waals surface area contributed by atoms with Crippen molar-refractivity contribution in [3.63, 3.8) is 0 Å². The van der Waals surface area contributed by atoms with Crippen molar-refractivity contribution in [2.24, 2.45) is 0 Å². The van der Waals surface area contributed by atoms with Crippen LogP contribution in [0.15, 0.2) is 0 Å². The Morgan fingerprint density at radius 3 is 1.08 bits per heavy atom. The van der Waals surface area contributed by atoms with E-state index in [2.05, 4.69) is 10.6 Å². The highest BCUT2D eigenvalue weighted by atomic mass is 16.8. The maximum atomic E-state index is 13.6. The van der Waals surface area contributed by atoms with Gasteiger partial charge in [0.2, 0.25) is 11.8 Å². The molecule has 0 saturated carbocycles. The molecule has 45 heteroatoms. The van der Waals surface area contributed by atoms with E-state index in [9.17, 15) is 132 Å². The molecule has 0 aromatic carbocycles. The van der Waals surface area contributed by atoms with Crippen LogP contribution in [-0.2, 0) is 90.1 Å². The molecular formula is C58H98N2O43. The zero-order valence-electron chi connectivity index (χ0n) is 55.7. The number of carbonyl (C=O) groups excluding carboxylic acids is 2. The molecule has 9 aliphatic heterocycles. The molecule has 45 atom stereocenters. The van der Waals surface area contributed by atoms with E-state index >= 15 is 0 Å². The number of hydrogen-bond donors (Lipinski definition) is 26. The smallest absolute Gasteiger partial charge is 0.217 e. The summed E-state index contributed by atoms with van der Waals surface area (Å²) in [7, 11) is 0. The number of nitrogens with one attached hydrogen (secondary N) is 2. The average Bonchev–Trinajstić information content (AvgIpc) is 0.756. The largest absolute Gasteiger partial charge is 0.394 e. The molecule has 598 valence electrons. The van der Waals surface area contributed by atoms with Gasteiger partial charge in [0.15, 0.2) is 56.6 Å². The Morgan fingerprint density at radius 1 is 0.272 bits per heavy atom. The predicted molar refractivity (Wildman–Crippen MR) is 316 cm³/mol. The fourth-order valence-corrected chi connectivity index (χ4v) is 13.5. The minimum Gasteiger partial charge on any atom is -0.394 e. The van der Waals surface area contributed by atoms with E-state index in [-0.39, 0.29) is 0 Å². The lowest BCUT2D eigenvalue weighted by Gasteiger charge is -2.52. The quantitative estimate of drug-likeness (QED) is 0.0427. The number of hydrogen-bond acceptors (Lipinski definition) is 43. The van der Waals surface area contributed by atoms with Crippen molar-refractivity contribution in [3.8, 4) is 0 Å². The van der Waals surface area contributed by atoms with Gasteiger partial charge in [-0.05, 0) is 20.8 Å². The summed E-state index contributed by atoms with van der Waals surface area (Å²) >= 11 is 0. The summed E-state index contributed by atoms with van der Waals surface area (Å²) in [6.45, 7) is -0.843. The molecule has 0 aliphatic carbocycles. The van der Waals surface area contributed by atoms with Crippen LogP contribution < -0.4 is 10.6 Å². The first-order valence-corrected chi connectivity index (χ1v) is 33.2. The van der Waals surface area contributed by atoms with Crippen LogP contribution >= 0.6 is 0 Å². The molecule has 9 heterocycles. The number of carbonyl (C=O) groups is 2. The maximum Gasteiger partial charge on any atom is 0.217 e. The Hall–Kier alpha value is -2.70. The van der Waals surface area contributed by atoms with Gasteiger partial charge in [0.05, 0.1) is 58.0 Å². The van der Waals surface area contributed by atoms with Gasteiger partial charge in [0.25, 0.3) is 0 Å². The van der Waals surface area contributed by atoms with E-state index in [1.807, 2.05) is 0 Å². The highest BCUT2D eigenvalue weighted by molar-refractivity contribution is 5.73. The summed E-state index contributed by atoms with van der Waals surface area (Å²) in [5.74, 6) is -1.92. The number of amides is 2. The molecule has 26 N–H and O–H groups in total. The van der Waals surface area contributed by atoms with Gasteiger partial charge < -0.3 is 214 Å². The van der Waals surface area contributed by atoms with Crippen LogP contribution in [0.5, 0.6) is 0 Å². The third kappa shape index (κ3) is 18.0. The number of aliphatic hydroxyl groups excluding tert-OH is 24. The second-order valence-electron chi connectivity index (χ2n) is 26.6. The van der Waals surface area contributed by atoms with E-state index in [4.69, 9.17) is 80.5 Å². The molecule has 1 unspecified atom stereocenters. The highest BCUT2D eigenvalue weighted by Gasteiger charge is 2.61. The Kier molecular flexibility index (Phi) is 29.5. The summed E-state index contributed by atoms with van der Waals surface area (Å²) in [4.78, 5) is 26.5. The topological polar surface area (TPSA) is 701 Å². The van der Waals surface area contributed by atoms with Crippen LogP contribution in [0.3, 0.4) is 0 Å². The monoisotopic (exact) mass is 1510 g/mol. The van der Waals surface area contributed by atoms with E-state index < -0.39 is 328 Å². The molecule has 45 nitrogen and oxygen atoms in total. The molecular weight excluding hydrogens is 1410 g/mol. The second-order valence-corrected chi connectivity index (χ2v) is 26.6. The van der Waals surface area contributed by atoms with Crippen molar-refractivity contribution in [2.75, 3.05) is 39.6 Å². The van der Waals surface area contributed by atoms with Crippen LogP contribution in [-0.4, -0.2) is 450 Å². The Labute approximate surface area is 584 Å². The summed E-state index contributed by atoms with van der Waals surface area (Å²) in [6.07, 6.45) is -85.1. The van der Waals surface area contributed by atoms with Crippen LogP contribution in [0.2, 0.25) is 0 Å². The third-order valence-electron chi connectivity index (χ3n) is 19.4. The van der Waals surface area contributed by atoms with Gasteiger partial charge in [-0.2, -0.15) is 0 Å². The van der Waals surface area contributed by atoms with Gasteiger partial charge in [0, 0.05) is 13.8 Å². The molecule has 9 saturated heterocycles. The van der Waals surface area contributed by atoms with Crippen LogP contribution in [0, 0.1) is 0 Å². The fourth-order valence-electron chi connectivity index (χ4n) is 13.5. The molecule has 9 fully saturated rings. The highest BCUT2D eigenvalue weighted by Crippen LogP contribution is 2.40. The fraction of sp³-hybridized carbons (Fsp3) is 0.966. The van der Waals surface area contributed by atoms with Crippen LogP contribution in [0.1, 0.15) is 34.6 Å². The van der Waals surface area contributed by atoms with Crippen molar-refractivity contribution in [1.82, 2.24) is 10.6 Å². The van der Waals surface area contributed by atoms with E-state index in [1.165, 1.54) is 20.8 Å². The van der Waals surface area contributed by atoms with Crippen molar-refractivity contribution in [1.29, 1.82) is 0 Å².